The summed E-state index contributed by atoms with van der Waals surface area (Å²) in [5, 5.41) is 0.727. The highest BCUT2D eigenvalue weighted by Gasteiger charge is 2.35. The number of Topliss-reactive ketones (excluding diaryl/α,β-unsaturated/α-hetero) is 1. The van der Waals surface area contributed by atoms with E-state index >= 15 is 0 Å². The number of ether oxygens (including phenoxy) is 2. The molecule has 1 aromatic heterocycles. The minimum absolute atomic E-state index is 0.114. The van der Waals surface area contributed by atoms with Gasteiger partial charge in [-0.15, -0.1) is 0 Å². The van der Waals surface area contributed by atoms with E-state index < -0.39 is 0 Å². The molecule has 3 aromatic rings. The van der Waals surface area contributed by atoms with Gasteiger partial charge in [-0.05, 0) is 47.9 Å². The van der Waals surface area contributed by atoms with E-state index in [1.165, 1.54) is 0 Å². The second kappa shape index (κ2) is 7.59. The fraction of sp³-hybridized carbons (Fsp3) is 0.167. The molecule has 0 radical (unpaired) electrons. The molecule has 0 aliphatic carbocycles. The van der Waals surface area contributed by atoms with Gasteiger partial charge < -0.3 is 9.47 Å². The molecular formula is C24H19ClN2O3. The minimum atomic E-state index is -0.114. The largest absolute Gasteiger partial charge is 0.478 e. The van der Waals surface area contributed by atoms with Crippen LogP contribution in [0.4, 0.5) is 0 Å². The molecule has 0 spiro atoms. The Hall–Kier alpha value is -3.15. The first kappa shape index (κ1) is 18.9. The van der Waals surface area contributed by atoms with Gasteiger partial charge in [-0.25, -0.2) is 0 Å². The number of nitrogens with zero attached hydrogens (tertiary/aromatic N) is 2. The number of allylic oxidation sites excluding steroid dienone is 1. The first-order chi connectivity index (χ1) is 14.6. The standard InChI is InChI=1S/C24H19ClN2O3/c1-15-9-20-18(13-27(14-29-20)12-17-6-2-3-7-19(17)25)24-22(15)23(28)21(30-24)10-16-5-4-8-26-11-16/h2-11H,12-14H2,1H3/b21-10-. The molecule has 0 bridgehead atoms. The Morgan fingerprint density at radius 2 is 2.10 bits per heavy atom. The van der Waals surface area contributed by atoms with Crippen LogP contribution >= 0.6 is 11.6 Å². The average molecular weight is 419 g/mol. The SMILES string of the molecule is Cc1cc2c(c3c1C(=O)/C(=C/c1cccnc1)O3)CN(Cc1ccccc1Cl)CO2. The smallest absolute Gasteiger partial charge is 0.232 e. The third-order valence-electron chi connectivity index (χ3n) is 5.32. The van der Waals surface area contributed by atoms with Crippen LogP contribution in [-0.4, -0.2) is 22.4 Å². The third kappa shape index (κ3) is 3.36. The Kier molecular flexibility index (Phi) is 4.77. The van der Waals surface area contributed by atoms with Crippen molar-refractivity contribution in [1.82, 2.24) is 9.88 Å². The van der Waals surface area contributed by atoms with Crippen LogP contribution in [-0.2, 0) is 13.1 Å². The number of fused-ring (bicyclic) bond motifs is 3. The molecule has 0 fully saturated rings. The first-order valence-corrected chi connectivity index (χ1v) is 10.1. The fourth-order valence-electron chi connectivity index (χ4n) is 3.86. The summed E-state index contributed by atoms with van der Waals surface area (Å²) in [6.45, 7) is 3.61. The number of aromatic nitrogens is 1. The monoisotopic (exact) mass is 418 g/mol. The molecule has 30 heavy (non-hydrogen) atoms. The molecule has 5 nitrogen and oxygen atoms in total. The van der Waals surface area contributed by atoms with E-state index in [2.05, 4.69) is 9.88 Å². The van der Waals surface area contributed by atoms with Gasteiger partial charge in [0.25, 0.3) is 0 Å². The van der Waals surface area contributed by atoms with E-state index in [0.717, 1.165) is 33.0 Å². The lowest BCUT2D eigenvalue weighted by Gasteiger charge is -2.30. The number of aryl methyl sites for hydroxylation is 1. The van der Waals surface area contributed by atoms with E-state index in [-0.39, 0.29) is 5.78 Å². The number of hydrogen-bond donors (Lipinski definition) is 0. The zero-order valence-electron chi connectivity index (χ0n) is 16.4. The van der Waals surface area contributed by atoms with Crippen LogP contribution in [0.5, 0.6) is 11.5 Å². The highest BCUT2D eigenvalue weighted by atomic mass is 35.5. The number of halogens is 1. The van der Waals surface area contributed by atoms with Crippen LogP contribution in [0.25, 0.3) is 6.08 Å². The zero-order valence-corrected chi connectivity index (χ0v) is 17.1. The van der Waals surface area contributed by atoms with Crippen molar-refractivity contribution in [1.29, 1.82) is 0 Å². The normalized spacial score (nSPS) is 16.7. The first-order valence-electron chi connectivity index (χ1n) is 9.69. The van der Waals surface area contributed by atoms with Crippen molar-refractivity contribution in [2.45, 2.75) is 20.0 Å². The summed E-state index contributed by atoms with van der Waals surface area (Å²) in [6, 6.07) is 13.4. The number of ketones is 1. The Morgan fingerprint density at radius 1 is 1.23 bits per heavy atom. The molecule has 2 aliphatic heterocycles. The van der Waals surface area contributed by atoms with Crippen molar-refractivity contribution in [2.24, 2.45) is 0 Å². The molecule has 0 saturated heterocycles. The van der Waals surface area contributed by atoms with Crippen molar-refractivity contribution >= 4 is 23.5 Å². The van der Waals surface area contributed by atoms with Gasteiger partial charge in [0.1, 0.15) is 18.2 Å². The molecule has 3 heterocycles. The quantitative estimate of drug-likeness (QED) is 0.559. The van der Waals surface area contributed by atoms with Gasteiger partial charge in [0.2, 0.25) is 5.78 Å². The lowest BCUT2D eigenvalue weighted by molar-refractivity contribution is 0.0872. The van der Waals surface area contributed by atoms with Crippen molar-refractivity contribution in [3.8, 4) is 11.5 Å². The van der Waals surface area contributed by atoms with E-state index in [1.807, 2.05) is 49.4 Å². The van der Waals surface area contributed by atoms with E-state index in [0.29, 0.717) is 36.9 Å². The zero-order chi connectivity index (χ0) is 20.7. The van der Waals surface area contributed by atoms with Crippen LogP contribution in [0, 0.1) is 6.92 Å². The lowest BCUT2D eigenvalue weighted by Crippen LogP contribution is -2.32. The number of benzene rings is 2. The number of rotatable bonds is 3. The third-order valence-corrected chi connectivity index (χ3v) is 5.69. The van der Waals surface area contributed by atoms with Crippen molar-refractivity contribution in [3.63, 3.8) is 0 Å². The van der Waals surface area contributed by atoms with Crippen molar-refractivity contribution in [2.75, 3.05) is 6.73 Å². The number of carbonyl (C=O) groups excluding carboxylic acids is 1. The fourth-order valence-corrected chi connectivity index (χ4v) is 4.05. The number of hydrogen-bond acceptors (Lipinski definition) is 5. The summed E-state index contributed by atoms with van der Waals surface area (Å²) in [6.07, 6.45) is 5.12. The summed E-state index contributed by atoms with van der Waals surface area (Å²) in [7, 11) is 0. The van der Waals surface area contributed by atoms with Crippen molar-refractivity contribution < 1.29 is 14.3 Å². The summed E-state index contributed by atoms with van der Waals surface area (Å²) in [5.74, 6) is 1.54. The second-order valence-corrected chi connectivity index (χ2v) is 7.86. The summed E-state index contributed by atoms with van der Waals surface area (Å²) < 4.78 is 12.1. The Balaban J connectivity index is 1.48. The Labute approximate surface area is 179 Å². The second-order valence-electron chi connectivity index (χ2n) is 7.45. The Bertz CT molecular complexity index is 1170. The molecule has 6 heteroatoms. The summed E-state index contributed by atoms with van der Waals surface area (Å²) >= 11 is 6.32. The average Bonchev–Trinajstić information content (AvgIpc) is 3.08. The maximum atomic E-state index is 13.0. The minimum Gasteiger partial charge on any atom is -0.478 e. The van der Waals surface area contributed by atoms with Crippen LogP contribution in [0.1, 0.15) is 32.6 Å². The Morgan fingerprint density at radius 3 is 2.90 bits per heavy atom. The summed E-state index contributed by atoms with van der Waals surface area (Å²) in [4.78, 5) is 19.3. The molecular weight excluding hydrogens is 400 g/mol. The molecule has 0 unspecified atom stereocenters. The molecule has 2 aromatic carbocycles. The maximum absolute atomic E-state index is 13.0. The van der Waals surface area contributed by atoms with Gasteiger partial charge in [-0.3, -0.25) is 14.7 Å². The van der Waals surface area contributed by atoms with E-state index in [1.54, 1.807) is 18.5 Å². The number of pyridine rings is 1. The van der Waals surface area contributed by atoms with Gasteiger partial charge in [0.15, 0.2) is 5.76 Å². The van der Waals surface area contributed by atoms with Gasteiger partial charge in [0.05, 0.1) is 11.1 Å². The van der Waals surface area contributed by atoms with Gasteiger partial charge >= 0.3 is 0 Å². The topological polar surface area (TPSA) is 51.7 Å². The van der Waals surface area contributed by atoms with Crippen LogP contribution in [0.15, 0.2) is 60.6 Å². The highest BCUT2D eigenvalue weighted by Crippen LogP contribution is 2.44. The maximum Gasteiger partial charge on any atom is 0.232 e. The molecule has 150 valence electrons. The predicted molar refractivity (Wildman–Crippen MR) is 115 cm³/mol. The molecule has 0 N–H and O–H groups in total. The molecule has 0 saturated carbocycles. The molecule has 2 aliphatic rings. The molecule has 0 atom stereocenters. The molecule has 5 rings (SSSR count). The summed E-state index contributed by atoms with van der Waals surface area (Å²) in [5.41, 5.74) is 4.19. The van der Waals surface area contributed by atoms with Crippen molar-refractivity contribution in [3.05, 3.63) is 93.5 Å². The van der Waals surface area contributed by atoms with Gasteiger partial charge in [0, 0.05) is 30.5 Å². The van der Waals surface area contributed by atoms with Crippen LogP contribution in [0.2, 0.25) is 5.02 Å². The molecule has 0 amide bonds. The van der Waals surface area contributed by atoms with E-state index in [9.17, 15) is 4.79 Å². The van der Waals surface area contributed by atoms with Crippen LogP contribution < -0.4 is 9.47 Å². The van der Waals surface area contributed by atoms with Gasteiger partial charge in [-0.1, -0.05) is 35.9 Å². The number of carbonyl (C=O) groups is 1. The predicted octanol–water partition coefficient (Wildman–Crippen LogP) is 5.01. The highest BCUT2D eigenvalue weighted by molar-refractivity contribution is 6.31. The van der Waals surface area contributed by atoms with Crippen LogP contribution in [0.3, 0.4) is 0 Å². The van der Waals surface area contributed by atoms with Gasteiger partial charge in [-0.2, -0.15) is 0 Å². The lowest BCUT2D eigenvalue weighted by atomic mass is 9.98. The van der Waals surface area contributed by atoms with E-state index in [4.69, 9.17) is 21.1 Å².